The van der Waals surface area contributed by atoms with Crippen LogP contribution < -0.4 is 0 Å². The highest BCUT2D eigenvalue weighted by Gasteiger charge is 1.89. The summed E-state index contributed by atoms with van der Waals surface area (Å²) in [5, 5.41) is 0. The van der Waals surface area contributed by atoms with Crippen LogP contribution in [0.2, 0.25) is 0 Å². The number of rotatable bonds is 2. The van der Waals surface area contributed by atoms with Gasteiger partial charge in [-0.3, -0.25) is 0 Å². The fourth-order valence-electron chi connectivity index (χ4n) is 0.712. The van der Waals surface area contributed by atoms with Crippen LogP contribution in [0.15, 0.2) is 34.1 Å². The molecule has 0 saturated carbocycles. The second-order valence-electron chi connectivity index (χ2n) is 1.88. The van der Waals surface area contributed by atoms with Crippen molar-refractivity contribution in [2.45, 2.75) is 9.79 Å². The molecule has 0 N–H and O–H groups in total. The summed E-state index contributed by atoms with van der Waals surface area (Å²) in [6.07, 6.45) is 4.18. The zero-order chi connectivity index (χ0) is 7.40. The molecule has 1 aromatic rings. The number of hydrogen-bond donors (Lipinski definition) is 0. The molecule has 0 aliphatic rings. The van der Waals surface area contributed by atoms with Gasteiger partial charge in [-0.25, -0.2) is 0 Å². The van der Waals surface area contributed by atoms with Crippen LogP contribution in [-0.2, 0) is 0 Å². The predicted molar refractivity (Wildman–Crippen MR) is 54.5 cm³/mol. The Morgan fingerprint density at radius 3 is 1.40 bits per heavy atom. The van der Waals surface area contributed by atoms with Crippen molar-refractivity contribution >= 4 is 23.5 Å². The van der Waals surface area contributed by atoms with Gasteiger partial charge in [0.2, 0.25) is 0 Å². The summed E-state index contributed by atoms with van der Waals surface area (Å²) in [5.74, 6) is 0. The third-order valence-corrected chi connectivity index (χ3v) is 2.78. The zero-order valence-electron chi connectivity index (χ0n) is 10.1. The van der Waals surface area contributed by atoms with Crippen molar-refractivity contribution in [1.29, 1.82) is 0 Å². The van der Waals surface area contributed by atoms with Crippen molar-refractivity contribution in [3.63, 3.8) is 0 Å². The van der Waals surface area contributed by atoms with E-state index in [1.165, 1.54) is 9.79 Å². The van der Waals surface area contributed by atoms with Crippen molar-refractivity contribution in [2.75, 3.05) is 12.5 Å². The second-order valence-corrected chi connectivity index (χ2v) is 3.64. The molecular formula is C8H14S2+4. The van der Waals surface area contributed by atoms with E-state index in [1.54, 1.807) is 23.5 Å². The SMILES string of the molecule is CSc1ccc(SC)cc1.[H+].[H+].[H+].[H+]. The molecule has 1 aromatic carbocycles. The van der Waals surface area contributed by atoms with Crippen LogP contribution in [0.3, 0.4) is 0 Å². The zero-order valence-corrected chi connectivity index (χ0v) is 7.76. The lowest BCUT2D eigenvalue weighted by Crippen LogP contribution is -1.69. The van der Waals surface area contributed by atoms with E-state index < -0.39 is 0 Å². The van der Waals surface area contributed by atoms with E-state index in [0.717, 1.165) is 0 Å². The van der Waals surface area contributed by atoms with Gasteiger partial charge in [0.1, 0.15) is 0 Å². The lowest BCUT2D eigenvalue weighted by Gasteiger charge is -1.96. The van der Waals surface area contributed by atoms with Gasteiger partial charge in [-0.1, -0.05) is 0 Å². The molecule has 2 heteroatoms. The van der Waals surface area contributed by atoms with E-state index in [2.05, 4.69) is 36.8 Å². The molecule has 0 spiro atoms. The van der Waals surface area contributed by atoms with Gasteiger partial charge in [0.25, 0.3) is 0 Å². The first kappa shape index (κ1) is 8.02. The van der Waals surface area contributed by atoms with Gasteiger partial charge >= 0.3 is 5.71 Å². The Kier molecular flexibility index (Phi) is 3.16. The van der Waals surface area contributed by atoms with Crippen LogP contribution in [0, 0.1) is 0 Å². The summed E-state index contributed by atoms with van der Waals surface area (Å²) < 4.78 is 0. The Bertz CT molecular complexity index is 180. The third kappa shape index (κ3) is 1.96. The first-order valence-corrected chi connectivity index (χ1v) is 5.50. The molecular weight excluding hydrogens is 160 g/mol. The van der Waals surface area contributed by atoms with Gasteiger partial charge in [0, 0.05) is 9.79 Å². The summed E-state index contributed by atoms with van der Waals surface area (Å²) in [5.41, 5.74) is 0. The molecule has 0 nitrogen and oxygen atoms in total. The number of benzene rings is 1. The number of thioether (sulfide) groups is 2. The molecule has 0 aliphatic heterocycles. The molecule has 1 rings (SSSR count). The van der Waals surface area contributed by atoms with Crippen molar-refractivity contribution in [3.8, 4) is 0 Å². The van der Waals surface area contributed by atoms with Crippen molar-refractivity contribution in [1.82, 2.24) is 0 Å². The standard InChI is InChI=1S/C8H10S2/c1-9-7-3-5-8(10-2)6-4-7/h3-6H,1-2H3/p+4. The fraction of sp³-hybridized carbons (Fsp3) is 0.250. The van der Waals surface area contributed by atoms with Crippen LogP contribution in [0.25, 0.3) is 0 Å². The lowest BCUT2D eigenvalue weighted by atomic mass is 10.4. The van der Waals surface area contributed by atoms with Crippen LogP contribution in [0.4, 0.5) is 0 Å². The molecule has 0 aliphatic carbocycles. The van der Waals surface area contributed by atoms with Gasteiger partial charge in [-0.15, -0.1) is 23.5 Å². The predicted octanol–water partition coefficient (Wildman–Crippen LogP) is 3.58. The van der Waals surface area contributed by atoms with Crippen LogP contribution >= 0.6 is 23.5 Å². The van der Waals surface area contributed by atoms with Gasteiger partial charge in [0.15, 0.2) is 0 Å². The molecule has 0 heterocycles. The van der Waals surface area contributed by atoms with Crippen molar-refractivity contribution in [3.05, 3.63) is 24.3 Å². The topological polar surface area (TPSA) is 0 Å². The number of hydrogen-bond acceptors (Lipinski definition) is 2. The molecule has 0 radical (unpaired) electrons. The minimum Gasteiger partial charge on any atom is -0.130 e. The maximum atomic E-state index is 2.15. The molecule has 0 saturated heterocycles. The first-order valence-electron chi connectivity index (χ1n) is 3.05. The summed E-state index contributed by atoms with van der Waals surface area (Å²) in [6, 6.07) is 8.60. The van der Waals surface area contributed by atoms with E-state index in [9.17, 15) is 0 Å². The van der Waals surface area contributed by atoms with E-state index in [4.69, 9.17) is 0 Å². The lowest BCUT2D eigenvalue weighted by molar-refractivity contribution is 1.36. The van der Waals surface area contributed by atoms with Gasteiger partial charge < -0.3 is 0 Å². The van der Waals surface area contributed by atoms with Crippen molar-refractivity contribution < 1.29 is 5.71 Å². The Hall–Kier alpha value is -0.0800. The van der Waals surface area contributed by atoms with E-state index in [1.807, 2.05) is 0 Å². The average Bonchev–Trinajstić information content (AvgIpc) is 2.05. The Morgan fingerprint density at radius 2 is 1.20 bits per heavy atom. The van der Waals surface area contributed by atoms with E-state index >= 15 is 0 Å². The second kappa shape index (κ2) is 3.94. The minimum atomic E-state index is 0. The van der Waals surface area contributed by atoms with E-state index in [0.29, 0.717) is 0 Å². The van der Waals surface area contributed by atoms with Crippen molar-refractivity contribution in [2.24, 2.45) is 0 Å². The molecule has 0 fully saturated rings. The van der Waals surface area contributed by atoms with Crippen LogP contribution in [-0.4, -0.2) is 12.5 Å². The highest BCUT2D eigenvalue weighted by molar-refractivity contribution is 7.99. The smallest absolute Gasteiger partial charge is 0.130 e. The molecule has 0 unspecified atom stereocenters. The Morgan fingerprint density at radius 1 is 0.900 bits per heavy atom. The molecule has 0 aromatic heterocycles. The molecule has 10 heavy (non-hydrogen) atoms. The Balaban J connectivity index is -0.000000125. The largest absolute Gasteiger partial charge is 1.00 e. The molecule has 54 valence electrons. The quantitative estimate of drug-likeness (QED) is 0.629. The maximum Gasteiger partial charge on any atom is 1.00 e. The normalized spacial score (nSPS) is 9.80. The summed E-state index contributed by atoms with van der Waals surface area (Å²) in [4.78, 5) is 2.66. The fourth-order valence-corrected chi connectivity index (χ4v) is 1.53. The van der Waals surface area contributed by atoms with Crippen LogP contribution in [0.1, 0.15) is 5.71 Å². The molecule has 0 bridgehead atoms. The summed E-state index contributed by atoms with van der Waals surface area (Å²) >= 11 is 3.56. The van der Waals surface area contributed by atoms with Gasteiger partial charge in [0.05, 0.1) is 0 Å². The summed E-state index contributed by atoms with van der Waals surface area (Å²) in [6.45, 7) is 0. The van der Waals surface area contributed by atoms with E-state index in [-0.39, 0.29) is 5.71 Å². The van der Waals surface area contributed by atoms with Gasteiger partial charge in [-0.05, 0) is 36.8 Å². The van der Waals surface area contributed by atoms with Crippen LogP contribution in [0.5, 0.6) is 0 Å². The monoisotopic (exact) mass is 174 g/mol. The molecule has 0 atom stereocenters. The van der Waals surface area contributed by atoms with Gasteiger partial charge in [-0.2, -0.15) is 0 Å². The Labute approximate surface area is 76.3 Å². The maximum absolute atomic E-state index is 2.15. The average molecular weight is 174 g/mol. The molecule has 0 amide bonds. The highest BCUT2D eigenvalue weighted by Crippen LogP contribution is 2.19. The summed E-state index contributed by atoms with van der Waals surface area (Å²) in [7, 11) is 0. The third-order valence-electron chi connectivity index (χ3n) is 1.30. The minimum absolute atomic E-state index is 0. The first-order chi connectivity index (χ1) is 4.86. The highest BCUT2D eigenvalue weighted by atomic mass is 32.2.